The van der Waals surface area contributed by atoms with Crippen molar-refractivity contribution in [2.45, 2.75) is 44.2 Å². The van der Waals surface area contributed by atoms with Crippen LogP contribution in [0.2, 0.25) is 0 Å². The average molecular weight is 280 g/mol. The fourth-order valence-corrected chi connectivity index (χ4v) is 3.88. The SMILES string of the molecule is O=C([C@@H]1CN(CC2CC2)[C@H]2CCO[C@@H]12)N1CCCCO1. The third kappa shape index (κ3) is 2.36. The monoisotopic (exact) mass is 280 g/mol. The molecule has 0 radical (unpaired) electrons. The first-order chi connectivity index (χ1) is 9.83. The second kappa shape index (κ2) is 5.28. The Bertz CT molecular complexity index is 379. The summed E-state index contributed by atoms with van der Waals surface area (Å²) in [6.45, 7) is 4.26. The van der Waals surface area contributed by atoms with Gasteiger partial charge in [0.25, 0.3) is 5.91 Å². The molecule has 0 aromatic carbocycles. The number of hydrogen-bond acceptors (Lipinski definition) is 4. The molecule has 5 nitrogen and oxygen atoms in total. The largest absolute Gasteiger partial charge is 0.376 e. The predicted molar refractivity (Wildman–Crippen MR) is 72.8 cm³/mol. The third-order valence-corrected chi connectivity index (χ3v) is 5.16. The number of nitrogens with zero attached hydrogens (tertiary/aromatic N) is 2. The van der Waals surface area contributed by atoms with Crippen LogP contribution >= 0.6 is 0 Å². The van der Waals surface area contributed by atoms with Gasteiger partial charge < -0.3 is 4.74 Å². The third-order valence-electron chi connectivity index (χ3n) is 5.16. The minimum atomic E-state index is -0.0145. The Morgan fingerprint density at radius 1 is 1.15 bits per heavy atom. The van der Waals surface area contributed by atoms with Gasteiger partial charge in [0.05, 0.1) is 18.6 Å². The summed E-state index contributed by atoms with van der Waals surface area (Å²) in [6, 6.07) is 0.467. The van der Waals surface area contributed by atoms with Gasteiger partial charge in [-0.1, -0.05) is 0 Å². The minimum Gasteiger partial charge on any atom is -0.376 e. The van der Waals surface area contributed by atoms with E-state index >= 15 is 0 Å². The summed E-state index contributed by atoms with van der Waals surface area (Å²) < 4.78 is 5.89. The van der Waals surface area contributed by atoms with E-state index in [1.807, 2.05) is 0 Å². The number of carbonyl (C=O) groups is 1. The molecule has 3 aliphatic heterocycles. The Balaban J connectivity index is 1.45. The number of amides is 1. The van der Waals surface area contributed by atoms with Gasteiger partial charge in [0.15, 0.2) is 0 Å². The molecular weight excluding hydrogens is 256 g/mol. The summed E-state index contributed by atoms with van der Waals surface area (Å²) in [5, 5.41) is 1.60. The Morgan fingerprint density at radius 2 is 2.05 bits per heavy atom. The standard InChI is InChI=1S/C15H24N2O3/c18-15(17-6-1-2-7-20-17)12-10-16(9-11-3-4-11)13-5-8-19-14(12)13/h11-14H,1-10H2/t12-,13+,14+/m1/s1. The molecule has 20 heavy (non-hydrogen) atoms. The first kappa shape index (κ1) is 13.0. The maximum absolute atomic E-state index is 12.7. The molecule has 3 heterocycles. The maximum atomic E-state index is 12.7. The molecule has 0 aromatic rings. The van der Waals surface area contributed by atoms with Crippen LogP contribution in [0.25, 0.3) is 0 Å². The van der Waals surface area contributed by atoms with Gasteiger partial charge in [-0.3, -0.25) is 14.5 Å². The van der Waals surface area contributed by atoms with Crippen molar-refractivity contribution in [2.24, 2.45) is 11.8 Å². The van der Waals surface area contributed by atoms with Crippen LogP contribution < -0.4 is 0 Å². The zero-order chi connectivity index (χ0) is 13.5. The van der Waals surface area contributed by atoms with Gasteiger partial charge >= 0.3 is 0 Å². The van der Waals surface area contributed by atoms with Crippen molar-refractivity contribution in [1.29, 1.82) is 0 Å². The lowest BCUT2D eigenvalue weighted by atomic mass is 10.0. The Labute approximate surface area is 120 Å². The number of rotatable bonds is 3. The van der Waals surface area contributed by atoms with E-state index in [0.717, 1.165) is 51.4 Å². The molecule has 0 N–H and O–H groups in total. The number of carbonyl (C=O) groups excluding carboxylic acids is 1. The second-order valence-electron chi connectivity index (χ2n) is 6.68. The summed E-state index contributed by atoms with van der Waals surface area (Å²) in [5.41, 5.74) is 0. The molecule has 4 fully saturated rings. The number of ether oxygens (including phenoxy) is 1. The van der Waals surface area contributed by atoms with Crippen molar-refractivity contribution >= 4 is 5.91 Å². The first-order valence-electron chi connectivity index (χ1n) is 8.13. The van der Waals surface area contributed by atoms with Gasteiger partial charge in [-0.25, -0.2) is 5.06 Å². The van der Waals surface area contributed by atoms with Gasteiger partial charge in [-0.05, 0) is 38.0 Å². The van der Waals surface area contributed by atoms with E-state index in [9.17, 15) is 4.79 Å². The molecule has 112 valence electrons. The van der Waals surface area contributed by atoms with Gasteiger partial charge in [-0.2, -0.15) is 0 Å². The highest BCUT2D eigenvalue weighted by molar-refractivity contribution is 5.79. The molecule has 1 aliphatic carbocycles. The summed E-state index contributed by atoms with van der Waals surface area (Å²) in [5.74, 6) is 1.01. The Kier molecular flexibility index (Phi) is 3.44. The first-order valence-corrected chi connectivity index (χ1v) is 8.13. The highest BCUT2D eigenvalue weighted by atomic mass is 16.7. The van der Waals surface area contributed by atoms with E-state index in [4.69, 9.17) is 9.57 Å². The summed E-state index contributed by atoms with van der Waals surface area (Å²) in [4.78, 5) is 20.7. The summed E-state index contributed by atoms with van der Waals surface area (Å²) >= 11 is 0. The van der Waals surface area contributed by atoms with Crippen molar-refractivity contribution in [3.05, 3.63) is 0 Å². The molecule has 4 rings (SSSR count). The number of hydroxylamine groups is 2. The van der Waals surface area contributed by atoms with Crippen molar-refractivity contribution in [3.63, 3.8) is 0 Å². The molecule has 4 aliphatic rings. The zero-order valence-corrected chi connectivity index (χ0v) is 12.0. The lowest BCUT2D eigenvalue weighted by molar-refractivity contribution is -0.203. The quantitative estimate of drug-likeness (QED) is 0.774. The zero-order valence-electron chi connectivity index (χ0n) is 12.0. The summed E-state index contributed by atoms with van der Waals surface area (Å²) in [7, 11) is 0. The van der Waals surface area contributed by atoms with E-state index in [1.54, 1.807) is 5.06 Å². The molecule has 1 amide bonds. The van der Waals surface area contributed by atoms with Crippen LogP contribution in [0.5, 0.6) is 0 Å². The van der Waals surface area contributed by atoms with Crippen molar-refractivity contribution in [1.82, 2.24) is 9.96 Å². The van der Waals surface area contributed by atoms with Crippen LogP contribution in [0.15, 0.2) is 0 Å². The molecule has 0 unspecified atom stereocenters. The Hall–Kier alpha value is -0.650. The molecule has 1 saturated carbocycles. The van der Waals surface area contributed by atoms with Crippen LogP contribution in [-0.2, 0) is 14.4 Å². The lowest BCUT2D eigenvalue weighted by Crippen LogP contribution is -2.43. The van der Waals surface area contributed by atoms with Crippen LogP contribution in [0.4, 0.5) is 0 Å². The van der Waals surface area contributed by atoms with Gasteiger partial charge in [-0.15, -0.1) is 0 Å². The normalized spacial score (nSPS) is 38.2. The van der Waals surface area contributed by atoms with Crippen LogP contribution in [0.3, 0.4) is 0 Å². The number of hydrogen-bond donors (Lipinski definition) is 0. The molecule has 0 bridgehead atoms. The lowest BCUT2D eigenvalue weighted by Gasteiger charge is -2.29. The molecule has 3 atom stereocenters. The fourth-order valence-electron chi connectivity index (χ4n) is 3.88. The van der Waals surface area contributed by atoms with Crippen molar-refractivity contribution in [3.8, 4) is 0 Å². The maximum Gasteiger partial charge on any atom is 0.253 e. The predicted octanol–water partition coefficient (Wildman–Crippen LogP) is 1.04. The van der Waals surface area contributed by atoms with Crippen LogP contribution in [0.1, 0.15) is 32.1 Å². The molecule has 0 spiro atoms. The molecule has 3 saturated heterocycles. The number of likely N-dealkylation sites (tertiary alicyclic amines) is 1. The Morgan fingerprint density at radius 3 is 2.80 bits per heavy atom. The van der Waals surface area contributed by atoms with Gasteiger partial charge in [0.1, 0.15) is 0 Å². The fraction of sp³-hybridized carbons (Fsp3) is 0.933. The van der Waals surface area contributed by atoms with E-state index in [1.165, 1.54) is 12.8 Å². The van der Waals surface area contributed by atoms with E-state index in [2.05, 4.69) is 4.90 Å². The molecule has 0 aromatic heterocycles. The van der Waals surface area contributed by atoms with Gasteiger partial charge in [0.2, 0.25) is 0 Å². The number of fused-ring (bicyclic) bond motifs is 1. The van der Waals surface area contributed by atoms with E-state index in [-0.39, 0.29) is 17.9 Å². The van der Waals surface area contributed by atoms with Crippen LogP contribution in [0, 0.1) is 11.8 Å². The van der Waals surface area contributed by atoms with E-state index in [0.29, 0.717) is 12.6 Å². The van der Waals surface area contributed by atoms with Crippen LogP contribution in [-0.4, -0.2) is 60.9 Å². The molecular formula is C15H24N2O3. The topological polar surface area (TPSA) is 42.0 Å². The van der Waals surface area contributed by atoms with Gasteiger partial charge in [0, 0.05) is 32.3 Å². The van der Waals surface area contributed by atoms with E-state index < -0.39 is 0 Å². The second-order valence-corrected chi connectivity index (χ2v) is 6.68. The molecule has 5 heteroatoms. The van der Waals surface area contributed by atoms with Crippen molar-refractivity contribution in [2.75, 3.05) is 32.8 Å². The highest BCUT2D eigenvalue weighted by Gasteiger charge is 2.50. The highest BCUT2D eigenvalue weighted by Crippen LogP contribution is 2.38. The van der Waals surface area contributed by atoms with Crippen molar-refractivity contribution < 1.29 is 14.4 Å². The summed E-state index contributed by atoms with van der Waals surface area (Å²) in [6.07, 6.45) is 6.03. The minimum absolute atomic E-state index is 0.0145. The average Bonchev–Trinajstić information content (AvgIpc) is 3.05. The smallest absolute Gasteiger partial charge is 0.253 e.